The minimum atomic E-state index is -0.431. The highest BCUT2D eigenvalue weighted by Gasteiger charge is 2.49. The molecule has 2 spiro atoms. The highest BCUT2D eigenvalue weighted by atomic mass is 16.7. The van der Waals surface area contributed by atoms with Crippen LogP contribution in [0, 0.1) is 32.5 Å². The molecule has 4 aliphatic rings. The standard InChI is InChI=1S/2C15H28O6/c2*1-13(2,5-16)11-18-7-15(8-19-11)9-20-12(21-10-15)14(3,4)6-17/h2*11-12,16-17H,5-10H2,1-4H3. The topological polar surface area (TPSA) is 155 Å². The summed E-state index contributed by atoms with van der Waals surface area (Å²) < 4.78 is 46.3. The second-order valence-corrected chi connectivity index (χ2v) is 15.4. The molecule has 4 N–H and O–H groups in total. The molecule has 0 atom stereocenters. The Balaban J connectivity index is 0.000000230. The van der Waals surface area contributed by atoms with Crippen molar-refractivity contribution in [3.63, 3.8) is 0 Å². The fourth-order valence-electron chi connectivity index (χ4n) is 4.82. The molecule has 12 heteroatoms. The lowest BCUT2D eigenvalue weighted by atomic mass is 9.86. The Morgan fingerprint density at radius 1 is 0.381 bits per heavy atom. The monoisotopic (exact) mass is 608 g/mol. The number of hydrogen-bond acceptors (Lipinski definition) is 12. The van der Waals surface area contributed by atoms with Crippen LogP contribution in [0.2, 0.25) is 0 Å². The van der Waals surface area contributed by atoms with Gasteiger partial charge in [0.25, 0.3) is 0 Å². The molecule has 4 aliphatic heterocycles. The highest BCUT2D eigenvalue weighted by Crippen LogP contribution is 2.39. The van der Waals surface area contributed by atoms with Gasteiger partial charge < -0.3 is 58.3 Å². The van der Waals surface area contributed by atoms with Crippen LogP contribution in [-0.4, -0.2) is 125 Å². The van der Waals surface area contributed by atoms with Crippen LogP contribution in [-0.2, 0) is 37.9 Å². The van der Waals surface area contributed by atoms with E-state index in [1.165, 1.54) is 0 Å². The minimum Gasteiger partial charge on any atom is -0.396 e. The summed E-state index contributed by atoms with van der Waals surface area (Å²) in [6.07, 6.45) is -1.67. The van der Waals surface area contributed by atoms with Crippen molar-refractivity contribution in [2.24, 2.45) is 32.5 Å². The minimum absolute atomic E-state index is 0.00440. The molecule has 0 amide bonds. The average molecular weight is 609 g/mol. The third-order valence-electron chi connectivity index (χ3n) is 8.51. The Kier molecular flexibility index (Phi) is 11.9. The van der Waals surface area contributed by atoms with Gasteiger partial charge in [-0.2, -0.15) is 0 Å². The first-order valence-electron chi connectivity index (χ1n) is 14.9. The SMILES string of the molecule is CC(C)(CO)C1OCC2(CO1)COC(C(C)(C)CO)OC2.CC(C)(CO)C1OCC2(CO1)COC(C(C)(C)CO)OC2. The van der Waals surface area contributed by atoms with Gasteiger partial charge >= 0.3 is 0 Å². The Hall–Kier alpha value is -0.480. The Labute approximate surface area is 250 Å². The van der Waals surface area contributed by atoms with E-state index >= 15 is 0 Å². The molecule has 248 valence electrons. The molecule has 4 fully saturated rings. The molecular weight excluding hydrogens is 552 g/mol. The summed E-state index contributed by atoms with van der Waals surface area (Å²) in [5, 5.41) is 37.5. The maximum atomic E-state index is 9.37. The highest BCUT2D eigenvalue weighted by molar-refractivity contribution is 4.90. The Morgan fingerprint density at radius 2 is 0.524 bits per heavy atom. The summed E-state index contributed by atoms with van der Waals surface area (Å²) >= 11 is 0. The fourth-order valence-corrected chi connectivity index (χ4v) is 4.82. The predicted molar refractivity (Wildman–Crippen MR) is 151 cm³/mol. The molecule has 4 saturated heterocycles. The van der Waals surface area contributed by atoms with Gasteiger partial charge in [0.2, 0.25) is 0 Å². The molecule has 0 aliphatic carbocycles. The van der Waals surface area contributed by atoms with E-state index in [2.05, 4.69) is 0 Å². The molecule has 4 heterocycles. The number of hydrogen-bond donors (Lipinski definition) is 4. The average Bonchev–Trinajstić information content (AvgIpc) is 2.98. The van der Waals surface area contributed by atoms with Crippen LogP contribution >= 0.6 is 0 Å². The molecule has 0 aromatic heterocycles. The van der Waals surface area contributed by atoms with Crippen molar-refractivity contribution in [3.05, 3.63) is 0 Å². The molecule has 0 aromatic rings. The van der Waals surface area contributed by atoms with Crippen LogP contribution in [0.5, 0.6) is 0 Å². The molecule has 0 aromatic carbocycles. The molecule has 0 bridgehead atoms. The van der Waals surface area contributed by atoms with Crippen molar-refractivity contribution in [3.8, 4) is 0 Å². The zero-order valence-corrected chi connectivity index (χ0v) is 26.8. The summed E-state index contributed by atoms with van der Waals surface area (Å²) in [5.41, 5.74) is -2.33. The largest absolute Gasteiger partial charge is 0.396 e. The van der Waals surface area contributed by atoms with Crippen molar-refractivity contribution in [1.82, 2.24) is 0 Å². The smallest absolute Gasteiger partial charge is 0.164 e. The van der Waals surface area contributed by atoms with Crippen LogP contribution in [0.4, 0.5) is 0 Å². The number of aliphatic hydroxyl groups is 4. The Bertz CT molecular complexity index is 669. The van der Waals surface area contributed by atoms with Gasteiger partial charge in [-0.25, -0.2) is 0 Å². The van der Waals surface area contributed by atoms with E-state index in [-0.39, 0.29) is 37.3 Å². The maximum Gasteiger partial charge on any atom is 0.164 e. The van der Waals surface area contributed by atoms with Gasteiger partial charge in [0.15, 0.2) is 25.2 Å². The maximum absolute atomic E-state index is 9.37. The lowest BCUT2D eigenvalue weighted by Gasteiger charge is -2.48. The van der Waals surface area contributed by atoms with Gasteiger partial charge in [-0.3, -0.25) is 0 Å². The van der Waals surface area contributed by atoms with Crippen LogP contribution in [0.3, 0.4) is 0 Å². The Morgan fingerprint density at radius 3 is 0.643 bits per heavy atom. The van der Waals surface area contributed by atoms with E-state index in [1.807, 2.05) is 55.4 Å². The van der Waals surface area contributed by atoms with Gasteiger partial charge in [-0.05, 0) is 0 Å². The lowest BCUT2D eigenvalue weighted by Crippen LogP contribution is -2.56. The van der Waals surface area contributed by atoms with Crippen molar-refractivity contribution in [2.45, 2.75) is 80.6 Å². The molecule has 12 nitrogen and oxygen atoms in total. The quantitative estimate of drug-likeness (QED) is 0.316. The molecule has 0 radical (unpaired) electrons. The number of ether oxygens (including phenoxy) is 8. The second kappa shape index (κ2) is 13.9. The van der Waals surface area contributed by atoms with Crippen molar-refractivity contribution in [2.75, 3.05) is 79.3 Å². The van der Waals surface area contributed by atoms with Crippen molar-refractivity contribution >= 4 is 0 Å². The third-order valence-corrected chi connectivity index (χ3v) is 8.51. The first-order valence-corrected chi connectivity index (χ1v) is 14.9. The van der Waals surface area contributed by atoms with E-state index in [1.54, 1.807) is 0 Å². The zero-order chi connectivity index (χ0) is 31.5. The third kappa shape index (κ3) is 8.41. The summed E-state index contributed by atoms with van der Waals surface area (Å²) in [4.78, 5) is 0. The zero-order valence-electron chi connectivity index (χ0n) is 26.8. The van der Waals surface area contributed by atoms with Gasteiger partial charge in [0.1, 0.15) is 0 Å². The summed E-state index contributed by atoms with van der Waals surface area (Å²) in [5.74, 6) is 0. The normalized spacial score (nSPS) is 35.1. The van der Waals surface area contributed by atoms with Gasteiger partial charge in [-0.15, -0.1) is 0 Å². The molecule has 42 heavy (non-hydrogen) atoms. The second-order valence-electron chi connectivity index (χ2n) is 15.4. The summed E-state index contributed by atoms with van der Waals surface area (Å²) in [6.45, 7) is 19.1. The van der Waals surface area contributed by atoms with Crippen LogP contribution in [0.1, 0.15) is 55.4 Å². The van der Waals surface area contributed by atoms with Crippen molar-refractivity contribution in [1.29, 1.82) is 0 Å². The van der Waals surface area contributed by atoms with E-state index in [9.17, 15) is 20.4 Å². The van der Waals surface area contributed by atoms with E-state index in [4.69, 9.17) is 37.9 Å². The summed E-state index contributed by atoms with van der Waals surface area (Å²) in [6, 6.07) is 0. The molecule has 0 saturated carbocycles. The molecule has 0 unspecified atom stereocenters. The molecular formula is C30H56O12. The van der Waals surface area contributed by atoms with Crippen molar-refractivity contribution < 1.29 is 58.3 Å². The first kappa shape index (κ1) is 36.0. The van der Waals surface area contributed by atoms with Crippen LogP contribution < -0.4 is 0 Å². The van der Waals surface area contributed by atoms with E-state index in [0.29, 0.717) is 52.9 Å². The van der Waals surface area contributed by atoms with Crippen LogP contribution in [0.25, 0.3) is 0 Å². The fraction of sp³-hybridized carbons (Fsp3) is 1.00. The summed E-state index contributed by atoms with van der Waals surface area (Å²) in [7, 11) is 0. The number of aliphatic hydroxyl groups excluding tert-OH is 4. The van der Waals surface area contributed by atoms with Gasteiger partial charge in [-0.1, -0.05) is 55.4 Å². The lowest BCUT2D eigenvalue weighted by molar-refractivity contribution is -0.337. The first-order chi connectivity index (χ1) is 19.5. The molecule has 4 rings (SSSR count). The van der Waals surface area contributed by atoms with E-state index < -0.39 is 46.8 Å². The predicted octanol–water partition coefficient (Wildman–Crippen LogP) is 1.51. The van der Waals surface area contributed by atoms with Crippen LogP contribution in [0.15, 0.2) is 0 Å². The van der Waals surface area contributed by atoms with Gasteiger partial charge in [0.05, 0.1) is 90.1 Å². The van der Waals surface area contributed by atoms with Gasteiger partial charge in [0, 0.05) is 21.7 Å². The van der Waals surface area contributed by atoms with E-state index in [0.717, 1.165) is 0 Å². The number of rotatable bonds is 8.